The molecule has 0 aliphatic heterocycles. The van der Waals surface area contributed by atoms with Crippen molar-refractivity contribution in [3.8, 4) is 0 Å². The summed E-state index contributed by atoms with van der Waals surface area (Å²) in [7, 11) is 0. The number of benzene rings is 1. The van der Waals surface area contributed by atoms with Gasteiger partial charge in [0.1, 0.15) is 5.76 Å². The van der Waals surface area contributed by atoms with Gasteiger partial charge in [-0.05, 0) is 12.5 Å². The Balaban J connectivity index is 2.14. The largest absolute Gasteiger partial charge is 0.446 e. The Morgan fingerprint density at radius 2 is 1.94 bits per heavy atom. The van der Waals surface area contributed by atoms with Crippen molar-refractivity contribution < 1.29 is 9.52 Å². The van der Waals surface area contributed by atoms with Gasteiger partial charge in [0.2, 0.25) is 0 Å². The van der Waals surface area contributed by atoms with Crippen LogP contribution < -0.4 is 0 Å². The fourth-order valence-corrected chi connectivity index (χ4v) is 1.73. The fraction of sp³-hybridized carbons (Fsp3) is 0.308. The summed E-state index contributed by atoms with van der Waals surface area (Å²) in [4.78, 5) is 4.18. The van der Waals surface area contributed by atoms with Gasteiger partial charge in [0, 0.05) is 13.3 Å². The lowest BCUT2D eigenvalue weighted by Gasteiger charge is -2.08. The highest BCUT2D eigenvalue weighted by Crippen LogP contribution is 2.20. The molecule has 2 rings (SSSR count). The normalized spacial score (nSPS) is 12.7. The van der Waals surface area contributed by atoms with Gasteiger partial charge in [-0.25, -0.2) is 4.98 Å². The molecule has 84 valence electrons. The average Bonchev–Trinajstić information content (AvgIpc) is 2.59. The Hall–Kier alpha value is -1.61. The first-order valence-corrected chi connectivity index (χ1v) is 5.32. The first-order chi connectivity index (χ1) is 7.66. The Bertz CT molecular complexity index is 462. The Labute approximate surface area is 94.8 Å². The van der Waals surface area contributed by atoms with E-state index in [0.29, 0.717) is 12.3 Å². The number of aryl methyl sites for hydroxylation is 2. The molecule has 2 aromatic rings. The van der Waals surface area contributed by atoms with Gasteiger partial charge in [-0.3, -0.25) is 0 Å². The van der Waals surface area contributed by atoms with Gasteiger partial charge < -0.3 is 9.52 Å². The van der Waals surface area contributed by atoms with Gasteiger partial charge in [-0.2, -0.15) is 0 Å². The van der Waals surface area contributed by atoms with Crippen molar-refractivity contribution in [3.63, 3.8) is 0 Å². The van der Waals surface area contributed by atoms with Crippen molar-refractivity contribution in [1.29, 1.82) is 0 Å². The molecule has 1 unspecified atom stereocenters. The van der Waals surface area contributed by atoms with E-state index in [1.165, 1.54) is 0 Å². The molecule has 3 heteroatoms. The standard InChI is InChI=1S/C13H15NO2/c1-9-13(16-10(2)14-9)8-12(15)11-6-4-3-5-7-11/h3-7,12,15H,8H2,1-2H3. The molecule has 16 heavy (non-hydrogen) atoms. The number of oxazole rings is 1. The predicted octanol–water partition coefficient (Wildman–Crippen LogP) is 2.57. The zero-order chi connectivity index (χ0) is 11.5. The van der Waals surface area contributed by atoms with Crippen LogP contribution in [0.4, 0.5) is 0 Å². The molecule has 0 saturated heterocycles. The maximum absolute atomic E-state index is 10.0. The molecule has 1 N–H and O–H groups in total. The Morgan fingerprint density at radius 3 is 2.50 bits per heavy atom. The second-order valence-corrected chi connectivity index (χ2v) is 3.87. The van der Waals surface area contributed by atoms with Crippen LogP contribution in [-0.4, -0.2) is 10.1 Å². The molecule has 0 bridgehead atoms. The van der Waals surface area contributed by atoms with Gasteiger partial charge >= 0.3 is 0 Å². The highest BCUT2D eigenvalue weighted by molar-refractivity contribution is 5.20. The van der Waals surface area contributed by atoms with E-state index in [2.05, 4.69) is 4.98 Å². The molecule has 1 atom stereocenters. The first kappa shape index (κ1) is 10.9. The van der Waals surface area contributed by atoms with Crippen molar-refractivity contribution in [1.82, 2.24) is 4.98 Å². The number of hydrogen-bond acceptors (Lipinski definition) is 3. The van der Waals surface area contributed by atoms with Gasteiger partial charge in [-0.1, -0.05) is 30.3 Å². The number of aromatic nitrogens is 1. The van der Waals surface area contributed by atoms with Gasteiger partial charge in [0.25, 0.3) is 0 Å². The van der Waals surface area contributed by atoms with Crippen LogP contribution in [-0.2, 0) is 6.42 Å². The smallest absolute Gasteiger partial charge is 0.191 e. The van der Waals surface area contributed by atoms with Crippen LogP contribution in [0.1, 0.15) is 29.0 Å². The zero-order valence-electron chi connectivity index (χ0n) is 9.47. The number of hydrogen-bond donors (Lipinski definition) is 1. The second-order valence-electron chi connectivity index (χ2n) is 3.87. The summed E-state index contributed by atoms with van der Waals surface area (Å²) in [5, 5.41) is 10.0. The fourth-order valence-electron chi connectivity index (χ4n) is 1.73. The molecular formula is C13H15NO2. The van der Waals surface area contributed by atoms with Crippen LogP contribution in [0.15, 0.2) is 34.7 Å². The molecule has 0 spiro atoms. The molecular weight excluding hydrogens is 202 g/mol. The minimum Gasteiger partial charge on any atom is -0.446 e. The molecule has 0 amide bonds. The minimum atomic E-state index is -0.535. The van der Waals surface area contributed by atoms with E-state index >= 15 is 0 Å². The van der Waals surface area contributed by atoms with Crippen molar-refractivity contribution in [2.45, 2.75) is 26.4 Å². The van der Waals surface area contributed by atoms with Gasteiger partial charge in [0.05, 0.1) is 11.8 Å². The predicted molar refractivity (Wildman–Crippen MR) is 61.1 cm³/mol. The van der Waals surface area contributed by atoms with Crippen LogP contribution in [0.3, 0.4) is 0 Å². The van der Waals surface area contributed by atoms with E-state index in [0.717, 1.165) is 17.0 Å². The summed E-state index contributed by atoms with van der Waals surface area (Å²) >= 11 is 0. The van der Waals surface area contributed by atoms with Crippen molar-refractivity contribution >= 4 is 0 Å². The summed E-state index contributed by atoms with van der Waals surface area (Å²) < 4.78 is 5.44. The summed E-state index contributed by atoms with van der Waals surface area (Å²) in [6, 6.07) is 9.57. The molecule has 0 saturated carbocycles. The highest BCUT2D eigenvalue weighted by atomic mass is 16.4. The number of aliphatic hydroxyl groups is 1. The van der Waals surface area contributed by atoms with Crippen molar-refractivity contribution in [3.05, 3.63) is 53.2 Å². The van der Waals surface area contributed by atoms with E-state index < -0.39 is 6.10 Å². The number of rotatable bonds is 3. The van der Waals surface area contributed by atoms with E-state index in [9.17, 15) is 5.11 Å². The zero-order valence-corrected chi connectivity index (χ0v) is 9.47. The van der Waals surface area contributed by atoms with E-state index in [1.54, 1.807) is 0 Å². The topological polar surface area (TPSA) is 46.3 Å². The molecule has 0 aliphatic rings. The number of nitrogens with zero attached hydrogens (tertiary/aromatic N) is 1. The SMILES string of the molecule is Cc1nc(C)c(CC(O)c2ccccc2)o1. The molecule has 3 nitrogen and oxygen atoms in total. The lowest BCUT2D eigenvalue weighted by molar-refractivity contribution is 0.170. The van der Waals surface area contributed by atoms with E-state index in [4.69, 9.17) is 4.42 Å². The van der Waals surface area contributed by atoms with Gasteiger partial charge in [-0.15, -0.1) is 0 Å². The molecule has 0 fully saturated rings. The third-order valence-corrected chi connectivity index (χ3v) is 2.56. The maximum Gasteiger partial charge on any atom is 0.191 e. The number of aliphatic hydroxyl groups excluding tert-OH is 1. The quantitative estimate of drug-likeness (QED) is 0.859. The van der Waals surface area contributed by atoms with E-state index in [-0.39, 0.29) is 0 Å². The molecule has 1 aromatic heterocycles. The third kappa shape index (κ3) is 2.31. The second kappa shape index (κ2) is 4.49. The van der Waals surface area contributed by atoms with Crippen LogP contribution >= 0.6 is 0 Å². The van der Waals surface area contributed by atoms with Crippen LogP contribution in [0, 0.1) is 13.8 Å². The van der Waals surface area contributed by atoms with Gasteiger partial charge in [0.15, 0.2) is 5.89 Å². The lowest BCUT2D eigenvalue weighted by Crippen LogP contribution is -2.01. The highest BCUT2D eigenvalue weighted by Gasteiger charge is 2.13. The van der Waals surface area contributed by atoms with Crippen molar-refractivity contribution in [2.75, 3.05) is 0 Å². The maximum atomic E-state index is 10.0. The Kier molecular flexibility index (Phi) is 3.06. The average molecular weight is 217 g/mol. The molecule has 1 aromatic carbocycles. The van der Waals surface area contributed by atoms with E-state index in [1.807, 2.05) is 44.2 Å². The monoisotopic (exact) mass is 217 g/mol. The lowest BCUT2D eigenvalue weighted by atomic mass is 10.1. The summed E-state index contributed by atoms with van der Waals surface area (Å²) in [6.07, 6.45) is -0.0660. The van der Waals surface area contributed by atoms with Crippen LogP contribution in [0.25, 0.3) is 0 Å². The molecule has 0 radical (unpaired) electrons. The van der Waals surface area contributed by atoms with Crippen LogP contribution in [0.2, 0.25) is 0 Å². The summed E-state index contributed by atoms with van der Waals surface area (Å²) in [6.45, 7) is 3.70. The third-order valence-electron chi connectivity index (χ3n) is 2.56. The summed E-state index contributed by atoms with van der Waals surface area (Å²) in [5.74, 6) is 1.40. The first-order valence-electron chi connectivity index (χ1n) is 5.32. The Morgan fingerprint density at radius 1 is 1.25 bits per heavy atom. The summed E-state index contributed by atoms with van der Waals surface area (Å²) in [5.41, 5.74) is 1.75. The van der Waals surface area contributed by atoms with Crippen molar-refractivity contribution in [2.24, 2.45) is 0 Å². The minimum absolute atomic E-state index is 0.469. The van der Waals surface area contributed by atoms with Crippen LogP contribution in [0.5, 0.6) is 0 Å². The molecule has 0 aliphatic carbocycles. The molecule has 1 heterocycles.